The Bertz CT molecular complexity index is 139. The maximum Gasteiger partial charge on any atom is 0.0649 e. The highest BCUT2D eigenvalue weighted by Gasteiger charge is 1.94. The topological polar surface area (TPSA) is 18.5 Å². The van der Waals surface area contributed by atoms with Gasteiger partial charge in [0.2, 0.25) is 0 Å². The van der Waals surface area contributed by atoms with Gasteiger partial charge in [-0.05, 0) is 34.1 Å². The Morgan fingerprint density at radius 2 is 2.08 bits per heavy atom. The first-order chi connectivity index (χ1) is 6.16. The Morgan fingerprint density at radius 1 is 1.38 bits per heavy atom. The lowest BCUT2D eigenvalue weighted by atomic mass is 10.2. The van der Waals surface area contributed by atoms with Gasteiger partial charge in [-0.25, -0.2) is 0 Å². The molecule has 0 aliphatic rings. The van der Waals surface area contributed by atoms with E-state index in [-0.39, 0.29) is 0 Å². The molecule has 0 saturated carbocycles. The summed E-state index contributed by atoms with van der Waals surface area (Å²) in [4.78, 5) is 0. The third kappa shape index (κ3) is 9.57. The van der Waals surface area contributed by atoms with Crippen LogP contribution in [0.15, 0.2) is 11.6 Å². The predicted octanol–water partition coefficient (Wildman–Crippen LogP) is 2.78. The molecule has 0 aromatic carbocycles. The lowest BCUT2D eigenvalue weighted by Gasteiger charge is -2.07. The van der Waals surface area contributed by atoms with Crippen LogP contribution in [0.5, 0.6) is 0 Å². The van der Waals surface area contributed by atoms with Gasteiger partial charge in [-0.1, -0.05) is 11.6 Å². The monoisotopic (exact) mass is 186 g/mol. The molecule has 0 rings (SSSR count). The third-order valence-corrected chi connectivity index (χ3v) is 1.70. The summed E-state index contributed by atoms with van der Waals surface area (Å²) in [5.41, 5.74) is 1.34. The van der Waals surface area contributed by atoms with Gasteiger partial charge in [-0.3, -0.25) is 0 Å². The second-order valence-corrected chi connectivity index (χ2v) is 3.38. The summed E-state index contributed by atoms with van der Waals surface area (Å²) in [6.07, 6.45) is 3.46. The van der Waals surface area contributed by atoms with Gasteiger partial charge in [-0.15, -0.1) is 0 Å². The SMILES string of the molecule is CCOC/C=C(/C)CCOC(C)C. The Hall–Kier alpha value is -0.340. The van der Waals surface area contributed by atoms with E-state index in [1.165, 1.54) is 5.57 Å². The third-order valence-electron chi connectivity index (χ3n) is 1.70. The fraction of sp³-hybridized carbons (Fsp3) is 0.818. The normalized spacial score (nSPS) is 12.5. The van der Waals surface area contributed by atoms with Gasteiger partial charge in [0.05, 0.1) is 19.3 Å². The van der Waals surface area contributed by atoms with Crippen LogP contribution in [0.2, 0.25) is 0 Å². The molecule has 0 N–H and O–H groups in total. The number of hydrogen-bond acceptors (Lipinski definition) is 2. The van der Waals surface area contributed by atoms with Crippen molar-refractivity contribution < 1.29 is 9.47 Å². The second-order valence-electron chi connectivity index (χ2n) is 3.38. The lowest BCUT2D eigenvalue weighted by Crippen LogP contribution is -2.04. The van der Waals surface area contributed by atoms with Crippen LogP contribution in [0.25, 0.3) is 0 Å². The van der Waals surface area contributed by atoms with E-state index in [2.05, 4.69) is 26.8 Å². The highest BCUT2D eigenvalue weighted by Crippen LogP contribution is 2.01. The molecule has 78 valence electrons. The van der Waals surface area contributed by atoms with Crippen LogP contribution in [-0.4, -0.2) is 25.9 Å². The summed E-state index contributed by atoms with van der Waals surface area (Å²) >= 11 is 0. The Labute approximate surface area is 81.9 Å². The Kier molecular flexibility index (Phi) is 8.05. The fourth-order valence-corrected chi connectivity index (χ4v) is 0.877. The zero-order chi connectivity index (χ0) is 10.1. The van der Waals surface area contributed by atoms with E-state index < -0.39 is 0 Å². The van der Waals surface area contributed by atoms with Crippen molar-refractivity contribution in [2.45, 2.75) is 40.2 Å². The minimum Gasteiger partial charge on any atom is -0.378 e. The van der Waals surface area contributed by atoms with E-state index in [9.17, 15) is 0 Å². The summed E-state index contributed by atoms with van der Waals surface area (Å²) < 4.78 is 10.7. The molecule has 0 aliphatic heterocycles. The molecular weight excluding hydrogens is 164 g/mol. The van der Waals surface area contributed by atoms with Crippen LogP contribution in [-0.2, 0) is 9.47 Å². The van der Waals surface area contributed by atoms with Gasteiger partial charge in [0.25, 0.3) is 0 Å². The van der Waals surface area contributed by atoms with E-state index in [1.807, 2.05) is 6.92 Å². The summed E-state index contributed by atoms with van der Waals surface area (Å²) in [7, 11) is 0. The summed E-state index contributed by atoms with van der Waals surface area (Å²) in [5.74, 6) is 0. The molecule has 0 spiro atoms. The molecule has 0 heterocycles. The predicted molar refractivity (Wildman–Crippen MR) is 56.0 cm³/mol. The molecule has 0 aromatic rings. The standard InChI is InChI=1S/C11H22O2/c1-5-12-8-6-11(4)7-9-13-10(2)3/h6,10H,5,7-9H2,1-4H3/b11-6-. The van der Waals surface area contributed by atoms with E-state index in [0.717, 1.165) is 26.2 Å². The van der Waals surface area contributed by atoms with Crippen molar-refractivity contribution in [1.82, 2.24) is 0 Å². The fourth-order valence-electron chi connectivity index (χ4n) is 0.877. The van der Waals surface area contributed by atoms with E-state index in [1.54, 1.807) is 0 Å². The molecule has 2 heteroatoms. The van der Waals surface area contributed by atoms with Crippen LogP contribution >= 0.6 is 0 Å². The number of hydrogen-bond donors (Lipinski definition) is 0. The van der Waals surface area contributed by atoms with Crippen molar-refractivity contribution in [3.05, 3.63) is 11.6 Å². The zero-order valence-corrected chi connectivity index (χ0v) is 9.30. The van der Waals surface area contributed by atoms with Crippen molar-refractivity contribution in [2.75, 3.05) is 19.8 Å². The maximum absolute atomic E-state index is 5.44. The van der Waals surface area contributed by atoms with Crippen LogP contribution in [0, 0.1) is 0 Å². The summed E-state index contributed by atoms with van der Waals surface area (Å²) in [5, 5.41) is 0. The minimum atomic E-state index is 0.333. The van der Waals surface area contributed by atoms with Crippen molar-refractivity contribution in [3.8, 4) is 0 Å². The molecule has 0 aliphatic carbocycles. The average molecular weight is 186 g/mol. The minimum absolute atomic E-state index is 0.333. The van der Waals surface area contributed by atoms with Crippen molar-refractivity contribution in [2.24, 2.45) is 0 Å². The van der Waals surface area contributed by atoms with Gasteiger partial charge in [0.15, 0.2) is 0 Å². The van der Waals surface area contributed by atoms with Gasteiger partial charge >= 0.3 is 0 Å². The number of ether oxygens (including phenoxy) is 2. The van der Waals surface area contributed by atoms with Gasteiger partial charge in [0, 0.05) is 6.61 Å². The molecule has 0 amide bonds. The number of rotatable bonds is 7. The molecule has 2 nitrogen and oxygen atoms in total. The van der Waals surface area contributed by atoms with E-state index >= 15 is 0 Å². The van der Waals surface area contributed by atoms with Gasteiger partial charge in [-0.2, -0.15) is 0 Å². The molecule has 13 heavy (non-hydrogen) atoms. The second kappa shape index (κ2) is 8.27. The molecule has 0 aromatic heterocycles. The first-order valence-corrected chi connectivity index (χ1v) is 5.01. The first-order valence-electron chi connectivity index (χ1n) is 5.01. The van der Waals surface area contributed by atoms with Gasteiger partial charge in [0.1, 0.15) is 0 Å². The first kappa shape index (κ1) is 12.7. The smallest absolute Gasteiger partial charge is 0.0649 e. The van der Waals surface area contributed by atoms with Crippen LogP contribution in [0.3, 0.4) is 0 Å². The summed E-state index contributed by atoms with van der Waals surface area (Å²) in [6.45, 7) is 10.6. The molecule has 0 atom stereocenters. The van der Waals surface area contributed by atoms with Crippen molar-refractivity contribution in [3.63, 3.8) is 0 Å². The Morgan fingerprint density at radius 3 is 2.62 bits per heavy atom. The molecule has 0 bridgehead atoms. The zero-order valence-electron chi connectivity index (χ0n) is 9.30. The summed E-state index contributed by atoms with van der Waals surface area (Å²) in [6, 6.07) is 0. The van der Waals surface area contributed by atoms with E-state index in [0.29, 0.717) is 6.10 Å². The average Bonchev–Trinajstić information content (AvgIpc) is 2.04. The highest BCUT2D eigenvalue weighted by atomic mass is 16.5. The van der Waals surface area contributed by atoms with Crippen LogP contribution < -0.4 is 0 Å². The molecule has 0 unspecified atom stereocenters. The highest BCUT2D eigenvalue weighted by molar-refractivity contribution is 4.97. The lowest BCUT2D eigenvalue weighted by molar-refractivity contribution is 0.0812. The molecule has 0 radical (unpaired) electrons. The van der Waals surface area contributed by atoms with Gasteiger partial charge < -0.3 is 9.47 Å². The molecule has 0 saturated heterocycles. The molecular formula is C11H22O2. The van der Waals surface area contributed by atoms with Crippen LogP contribution in [0.1, 0.15) is 34.1 Å². The largest absolute Gasteiger partial charge is 0.378 e. The molecule has 0 fully saturated rings. The van der Waals surface area contributed by atoms with Crippen LogP contribution in [0.4, 0.5) is 0 Å². The van der Waals surface area contributed by atoms with Crippen molar-refractivity contribution >= 4 is 0 Å². The van der Waals surface area contributed by atoms with Crippen molar-refractivity contribution in [1.29, 1.82) is 0 Å². The Balaban J connectivity index is 3.38. The quantitative estimate of drug-likeness (QED) is 0.449. The van der Waals surface area contributed by atoms with E-state index in [4.69, 9.17) is 9.47 Å². The maximum atomic E-state index is 5.44.